The third-order valence-corrected chi connectivity index (χ3v) is 4.70. The second kappa shape index (κ2) is 9.54. The number of nitrogens with zero attached hydrogens (tertiary/aromatic N) is 3. The number of hydrogen-bond acceptors (Lipinski definition) is 5. The van der Waals surface area contributed by atoms with E-state index in [4.69, 9.17) is 27.6 Å². The Hall–Kier alpha value is -2.90. The van der Waals surface area contributed by atoms with Crippen LogP contribution in [0, 0.1) is 0 Å². The van der Waals surface area contributed by atoms with E-state index < -0.39 is 5.91 Å². The lowest BCUT2D eigenvalue weighted by molar-refractivity contribution is -0.133. The van der Waals surface area contributed by atoms with Gasteiger partial charge in [0.1, 0.15) is 0 Å². The van der Waals surface area contributed by atoms with E-state index >= 15 is 0 Å². The first-order valence-corrected chi connectivity index (χ1v) is 9.55. The van der Waals surface area contributed by atoms with Gasteiger partial charge in [-0.05, 0) is 24.3 Å². The van der Waals surface area contributed by atoms with E-state index in [1.807, 2.05) is 30.3 Å². The van der Waals surface area contributed by atoms with Gasteiger partial charge in [0.25, 0.3) is 0 Å². The minimum atomic E-state index is -0.403. The van der Waals surface area contributed by atoms with Crippen molar-refractivity contribution >= 4 is 40.7 Å². The van der Waals surface area contributed by atoms with Crippen LogP contribution in [0.1, 0.15) is 12.3 Å². The van der Waals surface area contributed by atoms with Crippen LogP contribution in [0.25, 0.3) is 11.5 Å². The largest absolute Gasteiger partial charge is 0.421 e. The molecule has 0 atom stereocenters. The zero-order valence-corrected chi connectivity index (χ0v) is 17.1. The molecule has 2 aromatic carbocycles. The standard InChI is InChI=1S/C20H18Cl2N4O3/c1-26(12-16(27)23-19-14(21)8-5-9-15(19)22)18(28)11-10-17-24-25-20(29-17)13-6-3-2-4-7-13/h2-9H,10-12H2,1H3,(H,23,27). The Labute approximate surface area is 177 Å². The maximum atomic E-state index is 12.3. The van der Waals surface area contributed by atoms with Crippen LogP contribution >= 0.6 is 23.2 Å². The molecule has 0 saturated heterocycles. The highest BCUT2D eigenvalue weighted by atomic mass is 35.5. The van der Waals surface area contributed by atoms with Gasteiger partial charge >= 0.3 is 0 Å². The number of rotatable bonds is 7. The highest BCUT2D eigenvalue weighted by Gasteiger charge is 2.17. The van der Waals surface area contributed by atoms with E-state index in [2.05, 4.69) is 15.5 Å². The highest BCUT2D eigenvalue weighted by Crippen LogP contribution is 2.29. The normalized spacial score (nSPS) is 10.6. The third-order valence-electron chi connectivity index (χ3n) is 4.07. The van der Waals surface area contributed by atoms with Crippen molar-refractivity contribution in [2.75, 3.05) is 18.9 Å². The van der Waals surface area contributed by atoms with E-state index in [9.17, 15) is 9.59 Å². The number of amides is 2. The molecule has 1 aromatic heterocycles. The smallest absolute Gasteiger partial charge is 0.247 e. The number of halogens is 2. The summed E-state index contributed by atoms with van der Waals surface area (Å²) in [6.07, 6.45) is 0.411. The molecule has 0 bridgehead atoms. The number of carbonyl (C=O) groups is 2. The predicted molar refractivity (Wildman–Crippen MR) is 111 cm³/mol. The molecule has 0 aliphatic rings. The molecule has 0 aliphatic carbocycles. The van der Waals surface area contributed by atoms with Gasteiger partial charge in [-0.25, -0.2) is 0 Å². The number of aryl methyl sites for hydroxylation is 1. The summed E-state index contributed by atoms with van der Waals surface area (Å²) in [6.45, 7) is -0.139. The van der Waals surface area contributed by atoms with Gasteiger partial charge in [0.05, 0.1) is 22.3 Å². The maximum absolute atomic E-state index is 12.3. The van der Waals surface area contributed by atoms with Crippen LogP contribution in [0.5, 0.6) is 0 Å². The van der Waals surface area contributed by atoms with Crippen molar-refractivity contribution in [1.29, 1.82) is 0 Å². The minimum Gasteiger partial charge on any atom is -0.421 e. The molecule has 0 spiro atoms. The lowest BCUT2D eigenvalue weighted by Gasteiger charge is -2.17. The zero-order chi connectivity index (χ0) is 20.8. The molecule has 2 amide bonds. The molecule has 0 unspecified atom stereocenters. The first-order chi connectivity index (χ1) is 13.9. The van der Waals surface area contributed by atoms with Crippen molar-refractivity contribution < 1.29 is 14.0 Å². The summed E-state index contributed by atoms with van der Waals surface area (Å²) in [5.74, 6) is 0.125. The molecule has 0 fully saturated rings. The monoisotopic (exact) mass is 432 g/mol. The first kappa shape index (κ1) is 20.8. The second-order valence-electron chi connectivity index (χ2n) is 6.26. The van der Waals surface area contributed by atoms with Crippen molar-refractivity contribution in [3.63, 3.8) is 0 Å². The number of carbonyl (C=O) groups excluding carboxylic acids is 2. The minimum absolute atomic E-state index is 0.132. The molecule has 1 heterocycles. The highest BCUT2D eigenvalue weighted by molar-refractivity contribution is 6.39. The fraction of sp³-hybridized carbons (Fsp3) is 0.200. The van der Waals surface area contributed by atoms with Crippen molar-refractivity contribution in [3.05, 3.63) is 64.5 Å². The van der Waals surface area contributed by atoms with Crippen LogP contribution in [0.4, 0.5) is 5.69 Å². The fourth-order valence-electron chi connectivity index (χ4n) is 2.56. The maximum Gasteiger partial charge on any atom is 0.247 e. The molecule has 150 valence electrons. The van der Waals surface area contributed by atoms with E-state index in [0.717, 1.165) is 5.56 Å². The zero-order valence-electron chi connectivity index (χ0n) is 15.6. The molecule has 0 saturated carbocycles. The molecule has 29 heavy (non-hydrogen) atoms. The molecule has 3 rings (SSSR count). The molecular formula is C20H18Cl2N4O3. The van der Waals surface area contributed by atoms with E-state index in [0.29, 0.717) is 27.5 Å². The van der Waals surface area contributed by atoms with Gasteiger partial charge in [0, 0.05) is 25.5 Å². The average molecular weight is 433 g/mol. The number of hydrogen-bond donors (Lipinski definition) is 1. The SMILES string of the molecule is CN(CC(=O)Nc1c(Cl)cccc1Cl)C(=O)CCc1nnc(-c2ccccc2)o1. The Bertz CT molecular complexity index is 988. The quantitative estimate of drug-likeness (QED) is 0.607. The molecule has 7 nitrogen and oxygen atoms in total. The Morgan fingerprint density at radius 1 is 1.03 bits per heavy atom. The van der Waals surface area contributed by atoms with Crippen molar-refractivity contribution in [3.8, 4) is 11.5 Å². The summed E-state index contributed by atoms with van der Waals surface area (Å²) in [6, 6.07) is 14.3. The molecule has 3 aromatic rings. The van der Waals surface area contributed by atoms with Gasteiger partial charge in [-0.3, -0.25) is 9.59 Å². The Kier molecular flexibility index (Phi) is 6.85. The van der Waals surface area contributed by atoms with E-state index in [1.54, 1.807) is 25.2 Å². The number of likely N-dealkylation sites (N-methyl/N-ethyl adjacent to an activating group) is 1. The van der Waals surface area contributed by atoms with Gasteiger partial charge in [-0.1, -0.05) is 47.5 Å². The van der Waals surface area contributed by atoms with Gasteiger partial charge in [-0.15, -0.1) is 10.2 Å². The molecule has 9 heteroatoms. The number of aromatic nitrogens is 2. The van der Waals surface area contributed by atoms with Gasteiger partial charge < -0.3 is 14.6 Å². The number of benzene rings is 2. The van der Waals surface area contributed by atoms with Crippen molar-refractivity contribution in [2.45, 2.75) is 12.8 Å². The van der Waals surface area contributed by atoms with E-state index in [1.165, 1.54) is 4.90 Å². The first-order valence-electron chi connectivity index (χ1n) is 8.79. The lowest BCUT2D eigenvalue weighted by atomic mass is 10.2. The third kappa shape index (κ3) is 5.56. The van der Waals surface area contributed by atoms with Crippen LogP contribution in [0.2, 0.25) is 10.0 Å². The summed E-state index contributed by atoms with van der Waals surface area (Å²) in [7, 11) is 1.54. The Morgan fingerprint density at radius 2 is 1.72 bits per heavy atom. The summed E-state index contributed by atoms with van der Waals surface area (Å²) >= 11 is 12.1. The van der Waals surface area contributed by atoms with Crippen molar-refractivity contribution in [2.24, 2.45) is 0 Å². The topological polar surface area (TPSA) is 88.3 Å². The fourth-order valence-corrected chi connectivity index (χ4v) is 3.05. The van der Waals surface area contributed by atoms with Crippen LogP contribution in [0.15, 0.2) is 52.9 Å². The molecule has 0 radical (unpaired) electrons. The summed E-state index contributed by atoms with van der Waals surface area (Å²) in [4.78, 5) is 25.8. The summed E-state index contributed by atoms with van der Waals surface area (Å²) in [5, 5.41) is 11.2. The van der Waals surface area contributed by atoms with Crippen molar-refractivity contribution in [1.82, 2.24) is 15.1 Å². The molecular weight excluding hydrogens is 415 g/mol. The van der Waals surface area contributed by atoms with Gasteiger partial charge in [-0.2, -0.15) is 0 Å². The molecule has 0 aliphatic heterocycles. The van der Waals surface area contributed by atoms with E-state index in [-0.39, 0.29) is 25.3 Å². The number of anilines is 1. The van der Waals surface area contributed by atoms with Crippen LogP contribution in [-0.4, -0.2) is 40.5 Å². The lowest BCUT2D eigenvalue weighted by Crippen LogP contribution is -2.35. The number of nitrogens with one attached hydrogen (secondary N) is 1. The summed E-state index contributed by atoms with van der Waals surface area (Å²) in [5.41, 5.74) is 1.13. The Morgan fingerprint density at radius 3 is 2.41 bits per heavy atom. The number of para-hydroxylation sites is 1. The summed E-state index contributed by atoms with van der Waals surface area (Å²) < 4.78 is 5.58. The molecule has 1 N–H and O–H groups in total. The van der Waals surface area contributed by atoms with Crippen LogP contribution in [0.3, 0.4) is 0 Å². The van der Waals surface area contributed by atoms with Gasteiger partial charge in [0.15, 0.2) is 0 Å². The predicted octanol–water partition coefficient (Wildman–Crippen LogP) is 4.07. The average Bonchev–Trinajstić information content (AvgIpc) is 3.19. The van der Waals surface area contributed by atoms with Gasteiger partial charge in [0.2, 0.25) is 23.6 Å². The second-order valence-corrected chi connectivity index (χ2v) is 7.08. The van der Waals surface area contributed by atoms with Crippen LogP contribution < -0.4 is 5.32 Å². The van der Waals surface area contributed by atoms with Crippen LogP contribution in [-0.2, 0) is 16.0 Å². The Balaban J connectivity index is 1.50.